The van der Waals surface area contributed by atoms with E-state index in [1.165, 1.54) is 10.9 Å². The standard InChI is InChI=1S/C19H18N4O2S/c24-17(7-8-18-22-19(23-25-18)16-6-3-11-26-16)20-10-9-13-12-21-15-5-2-1-4-14(13)15/h1-6,11-12,21H,7-10H2,(H,20,24). The lowest BCUT2D eigenvalue weighted by atomic mass is 10.1. The molecule has 7 heteroatoms. The minimum atomic E-state index is -0.0132. The zero-order valence-electron chi connectivity index (χ0n) is 14.1. The lowest BCUT2D eigenvalue weighted by Gasteiger charge is -2.03. The molecule has 3 aromatic heterocycles. The Morgan fingerprint density at radius 1 is 1.19 bits per heavy atom. The van der Waals surface area contributed by atoms with Crippen LogP contribution in [0.5, 0.6) is 0 Å². The minimum Gasteiger partial charge on any atom is -0.361 e. The van der Waals surface area contributed by atoms with Gasteiger partial charge in [0.25, 0.3) is 0 Å². The first-order valence-corrected chi connectivity index (χ1v) is 9.36. The van der Waals surface area contributed by atoms with Gasteiger partial charge in [-0.3, -0.25) is 4.79 Å². The summed E-state index contributed by atoms with van der Waals surface area (Å²) in [5.41, 5.74) is 2.32. The fourth-order valence-electron chi connectivity index (χ4n) is 2.85. The van der Waals surface area contributed by atoms with Crippen molar-refractivity contribution in [1.29, 1.82) is 0 Å². The van der Waals surface area contributed by atoms with E-state index in [2.05, 4.69) is 26.5 Å². The van der Waals surface area contributed by atoms with Gasteiger partial charge in [-0.15, -0.1) is 11.3 Å². The molecule has 0 radical (unpaired) electrons. The molecule has 0 saturated heterocycles. The van der Waals surface area contributed by atoms with Gasteiger partial charge in [0, 0.05) is 36.5 Å². The molecule has 4 aromatic rings. The highest BCUT2D eigenvalue weighted by Gasteiger charge is 2.11. The Kier molecular flexibility index (Phi) is 4.79. The summed E-state index contributed by atoms with van der Waals surface area (Å²) >= 11 is 1.56. The van der Waals surface area contributed by atoms with Gasteiger partial charge in [-0.1, -0.05) is 29.4 Å². The lowest BCUT2D eigenvalue weighted by Crippen LogP contribution is -2.25. The second-order valence-corrected chi connectivity index (χ2v) is 6.90. The predicted molar refractivity (Wildman–Crippen MR) is 101 cm³/mol. The second-order valence-electron chi connectivity index (χ2n) is 5.95. The summed E-state index contributed by atoms with van der Waals surface area (Å²) in [6.07, 6.45) is 3.57. The summed E-state index contributed by atoms with van der Waals surface area (Å²) in [6.45, 7) is 0.602. The van der Waals surface area contributed by atoms with E-state index < -0.39 is 0 Å². The predicted octanol–water partition coefficient (Wildman–Crippen LogP) is 3.57. The molecule has 0 atom stereocenters. The van der Waals surface area contributed by atoms with E-state index in [0.29, 0.717) is 31.1 Å². The zero-order valence-corrected chi connectivity index (χ0v) is 14.9. The van der Waals surface area contributed by atoms with Crippen molar-refractivity contribution in [2.24, 2.45) is 0 Å². The fraction of sp³-hybridized carbons (Fsp3) is 0.211. The van der Waals surface area contributed by atoms with Crippen LogP contribution in [0.15, 0.2) is 52.5 Å². The summed E-state index contributed by atoms with van der Waals surface area (Å²) in [4.78, 5) is 20.6. The van der Waals surface area contributed by atoms with Crippen LogP contribution in [-0.2, 0) is 17.6 Å². The number of nitrogens with one attached hydrogen (secondary N) is 2. The Bertz CT molecular complexity index is 1000. The maximum atomic E-state index is 12.0. The first-order chi connectivity index (χ1) is 12.8. The first kappa shape index (κ1) is 16.5. The molecule has 0 bridgehead atoms. The summed E-state index contributed by atoms with van der Waals surface area (Å²) in [5, 5.41) is 10.1. The lowest BCUT2D eigenvalue weighted by molar-refractivity contribution is -0.121. The van der Waals surface area contributed by atoms with Crippen molar-refractivity contribution in [3.05, 3.63) is 59.4 Å². The molecule has 0 saturated carbocycles. The van der Waals surface area contributed by atoms with Crippen LogP contribution in [0.1, 0.15) is 17.9 Å². The number of amides is 1. The van der Waals surface area contributed by atoms with E-state index in [0.717, 1.165) is 16.8 Å². The second kappa shape index (κ2) is 7.53. The molecule has 6 nitrogen and oxygen atoms in total. The summed E-state index contributed by atoms with van der Waals surface area (Å²) in [7, 11) is 0. The van der Waals surface area contributed by atoms with Gasteiger partial charge in [0.1, 0.15) is 0 Å². The van der Waals surface area contributed by atoms with Crippen LogP contribution in [0.3, 0.4) is 0 Å². The average molecular weight is 366 g/mol. The molecule has 0 fully saturated rings. The van der Waals surface area contributed by atoms with Crippen molar-refractivity contribution < 1.29 is 9.32 Å². The third-order valence-electron chi connectivity index (χ3n) is 4.17. The highest BCUT2D eigenvalue weighted by atomic mass is 32.1. The normalized spacial score (nSPS) is 11.1. The highest BCUT2D eigenvalue weighted by Crippen LogP contribution is 2.21. The Labute approximate surface area is 154 Å². The Balaban J connectivity index is 1.24. The third kappa shape index (κ3) is 3.67. The number of H-pyrrole nitrogens is 1. The van der Waals surface area contributed by atoms with Gasteiger partial charge in [-0.25, -0.2) is 0 Å². The Morgan fingerprint density at radius 3 is 3.00 bits per heavy atom. The number of para-hydroxylation sites is 1. The molecule has 2 N–H and O–H groups in total. The number of carbonyl (C=O) groups is 1. The molecule has 0 spiro atoms. The largest absolute Gasteiger partial charge is 0.361 e. The van der Waals surface area contributed by atoms with Crippen molar-refractivity contribution in [2.45, 2.75) is 19.3 Å². The van der Waals surface area contributed by atoms with E-state index in [1.54, 1.807) is 11.3 Å². The maximum absolute atomic E-state index is 12.0. The average Bonchev–Trinajstić information content (AvgIpc) is 3.40. The van der Waals surface area contributed by atoms with Crippen molar-refractivity contribution >= 4 is 28.1 Å². The Morgan fingerprint density at radius 2 is 2.12 bits per heavy atom. The van der Waals surface area contributed by atoms with Crippen LogP contribution in [-0.4, -0.2) is 27.6 Å². The molecule has 1 aromatic carbocycles. The van der Waals surface area contributed by atoms with Gasteiger partial charge in [0.15, 0.2) is 0 Å². The smallest absolute Gasteiger partial charge is 0.227 e. The van der Waals surface area contributed by atoms with Gasteiger partial charge in [0.05, 0.1) is 4.88 Å². The number of aryl methyl sites for hydroxylation is 1. The van der Waals surface area contributed by atoms with Crippen molar-refractivity contribution in [3.63, 3.8) is 0 Å². The van der Waals surface area contributed by atoms with Gasteiger partial charge < -0.3 is 14.8 Å². The Hall–Kier alpha value is -2.93. The molecule has 0 aliphatic rings. The van der Waals surface area contributed by atoms with Crippen molar-refractivity contribution in [1.82, 2.24) is 20.4 Å². The van der Waals surface area contributed by atoms with Gasteiger partial charge >= 0.3 is 0 Å². The monoisotopic (exact) mass is 366 g/mol. The SMILES string of the molecule is O=C(CCc1nc(-c2cccs2)no1)NCCc1c[nH]c2ccccc12. The number of aromatic nitrogens is 3. The quantitative estimate of drug-likeness (QED) is 0.524. The summed E-state index contributed by atoms with van der Waals surface area (Å²) < 4.78 is 5.21. The van der Waals surface area contributed by atoms with E-state index in [1.807, 2.05) is 41.9 Å². The number of hydrogen-bond acceptors (Lipinski definition) is 5. The molecule has 1 amide bonds. The van der Waals surface area contributed by atoms with E-state index >= 15 is 0 Å². The number of thiophene rings is 1. The third-order valence-corrected chi connectivity index (χ3v) is 5.03. The van der Waals surface area contributed by atoms with Crippen LogP contribution in [0.2, 0.25) is 0 Å². The van der Waals surface area contributed by atoms with Crippen LogP contribution < -0.4 is 5.32 Å². The van der Waals surface area contributed by atoms with E-state index in [4.69, 9.17) is 4.52 Å². The van der Waals surface area contributed by atoms with E-state index in [9.17, 15) is 4.79 Å². The topological polar surface area (TPSA) is 83.8 Å². The van der Waals surface area contributed by atoms with Gasteiger partial charge in [-0.2, -0.15) is 4.98 Å². The van der Waals surface area contributed by atoms with Gasteiger partial charge in [-0.05, 0) is 29.5 Å². The van der Waals surface area contributed by atoms with Crippen LogP contribution in [0.25, 0.3) is 21.6 Å². The molecular weight excluding hydrogens is 348 g/mol. The number of benzene rings is 1. The first-order valence-electron chi connectivity index (χ1n) is 8.48. The highest BCUT2D eigenvalue weighted by molar-refractivity contribution is 7.13. The maximum Gasteiger partial charge on any atom is 0.227 e. The number of rotatable bonds is 7. The zero-order chi connectivity index (χ0) is 17.8. The fourth-order valence-corrected chi connectivity index (χ4v) is 3.50. The summed E-state index contributed by atoms with van der Waals surface area (Å²) in [6, 6.07) is 12.0. The molecule has 0 aliphatic carbocycles. The van der Waals surface area contributed by atoms with Crippen molar-refractivity contribution in [2.75, 3.05) is 6.54 Å². The van der Waals surface area contributed by atoms with Gasteiger partial charge in [0.2, 0.25) is 17.6 Å². The molecule has 0 unspecified atom stereocenters. The van der Waals surface area contributed by atoms with Crippen LogP contribution >= 0.6 is 11.3 Å². The minimum absolute atomic E-state index is 0.0132. The molecule has 26 heavy (non-hydrogen) atoms. The molecule has 3 heterocycles. The number of hydrogen-bond donors (Lipinski definition) is 2. The number of nitrogens with zero attached hydrogens (tertiary/aromatic N) is 2. The number of carbonyl (C=O) groups excluding carboxylic acids is 1. The molecule has 4 rings (SSSR count). The molecule has 132 valence electrons. The summed E-state index contributed by atoms with van der Waals surface area (Å²) in [5.74, 6) is 1.05. The van der Waals surface area contributed by atoms with Crippen LogP contribution in [0.4, 0.5) is 0 Å². The van der Waals surface area contributed by atoms with Crippen LogP contribution in [0, 0.1) is 0 Å². The van der Waals surface area contributed by atoms with E-state index in [-0.39, 0.29) is 5.91 Å². The number of aromatic amines is 1. The number of fused-ring (bicyclic) bond motifs is 1. The molecule has 0 aliphatic heterocycles. The molecular formula is C19H18N4O2S. The van der Waals surface area contributed by atoms with Crippen molar-refractivity contribution in [3.8, 4) is 10.7 Å².